The Kier molecular flexibility index (Phi) is 4.81. The van der Waals surface area contributed by atoms with E-state index >= 15 is 0 Å². The smallest absolute Gasteiger partial charge is 0.320 e. The van der Waals surface area contributed by atoms with Crippen molar-refractivity contribution in [2.24, 2.45) is 0 Å². The lowest BCUT2D eigenvalue weighted by molar-refractivity contribution is 0.474. The summed E-state index contributed by atoms with van der Waals surface area (Å²) in [4.78, 5) is 31.6. The summed E-state index contributed by atoms with van der Waals surface area (Å²) in [7, 11) is 0. The van der Waals surface area contributed by atoms with Gasteiger partial charge in [-0.05, 0) is 37.5 Å². The predicted molar refractivity (Wildman–Crippen MR) is 117 cm³/mol. The zero-order valence-corrected chi connectivity index (χ0v) is 17.3. The third-order valence-electron chi connectivity index (χ3n) is 6.19. The van der Waals surface area contributed by atoms with Crippen LogP contribution in [0.2, 0.25) is 0 Å². The molecule has 6 nitrogen and oxygen atoms in total. The number of hydrogen-bond donors (Lipinski definition) is 0. The Bertz CT molecular complexity index is 1390. The number of aromatic nitrogens is 4. The lowest BCUT2D eigenvalue weighted by atomic mass is 10.2. The van der Waals surface area contributed by atoms with Gasteiger partial charge < -0.3 is 4.57 Å². The summed E-state index contributed by atoms with van der Waals surface area (Å²) in [6, 6.07) is 13.9. The van der Waals surface area contributed by atoms with Crippen molar-refractivity contribution in [2.45, 2.75) is 45.2 Å². The highest BCUT2D eigenvalue weighted by Crippen LogP contribution is 2.28. The maximum atomic E-state index is 14.3. The molecule has 0 atom stereocenters. The van der Waals surface area contributed by atoms with Gasteiger partial charge in [-0.15, -0.1) is 0 Å². The van der Waals surface area contributed by atoms with Crippen LogP contribution >= 0.6 is 0 Å². The van der Waals surface area contributed by atoms with Gasteiger partial charge in [0.25, 0.3) is 5.56 Å². The van der Waals surface area contributed by atoms with E-state index in [4.69, 9.17) is 0 Å². The topological polar surface area (TPSA) is 61.8 Å². The second-order valence-electron chi connectivity index (χ2n) is 8.15. The molecule has 158 valence electrons. The molecule has 5 rings (SSSR count). The highest BCUT2D eigenvalue weighted by Gasteiger charge is 2.26. The molecular formula is C24H23FN4O2. The third-order valence-corrected chi connectivity index (χ3v) is 6.19. The number of nitrogens with zero attached hydrogens (tertiary/aromatic N) is 4. The van der Waals surface area contributed by atoms with Crippen LogP contribution in [0, 0.1) is 12.7 Å². The zero-order valence-electron chi connectivity index (χ0n) is 17.3. The monoisotopic (exact) mass is 418 g/mol. The van der Waals surface area contributed by atoms with Crippen molar-refractivity contribution in [3.8, 4) is 5.69 Å². The molecule has 1 aliphatic rings. The largest absolute Gasteiger partial charge is 0.337 e. The Morgan fingerprint density at radius 3 is 2.48 bits per heavy atom. The lowest BCUT2D eigenvalue weighted by Crippen LogP contribution is -2.42. The van der Waals surface area contributed by atoms with Gasteiger partial charge in [0, 0.05) is 11.6 Å². The number of aryl methyl sites for hydroxylation is 1. The van der Waals surface area contributed by atoms with Gasteiger partial charge in [-0.3, -0.25) is 9.36 Å². The molecular weight excluding hydrogens is 395 g/mol. The molecule has 2 aromatic heterocycles. The van der Waals surface area contributed by atoms with Crippen molar-refractivity contribution >= 4 is 11.2 Å². The zero-order chi connectivity index (χ0) is 21.5. The highest BCUT2D eigenvalue weighted by molar-refractivity contribution is 5.73. The molecule has 1 saturated carbocycles. The fourth-order valence-corrected chi connectivity index (χ4v) is 4.60. The minimum atomic E-state index is -0.366. The lowest BCUT2D eigenvalue weighted by Gasteiger charge is -2.18. The van der Waals surface area contributed by atoms with Gasteiger partial charge in [0.05, 0.1) is 18.6 Å². The van der Waals surface area contributed by atoms with Gasteiger partial charge in [0.15, 0.2) is 11.2 Å². The molecule has 1 fully saturated rings. The first kappa shape index (κ1) is 19.5. The van der Waals surface area contributed by atoms with Crippen LogP contribution in [0.1, 0.15) is 42.9 Å². The molecule has 0 radical (unpaired) electrons. The van der Waals surface area contributed by atoms with Crippen LogP contribution in [-0.4, -0.2) is 18.7 Å². The SMILES string of the molecule is Cc1ccccc1-n1c(=O)n(C2CCCC2)c(=O)c2c1ncn2Cc1ccccc1F. The average molecular weight is 418 g/mol. The number of imidazole rings is 1. The summed E-state index contributed by atoms with van der Waals surface area (Å²) in [6.45, 7) is 2.09. The van der Waals surface area contributed by atoms with E-state index in [1.165, 1.54) is 21.5 Å². The summed E-state index contributed by atoms with van der Waals surface area (Å²) in [5.74, 6) is -0.340. The van der Waals surface area contributed by atoms with Crippen molar-refractivity contribution in [3.05, 3.63) is 92.6 Å². The van der Waals surface area contributed by atoms with E-state index in [1.54, 1.807) is 22.8 Å². The number of fused-ring (bicyclic) bond motifs is 1. The predicted octanol–water partition coefficient (Wildman–Crippen LogP) is 3.96. The first-order chi connectivity index (χ1) is 15.1. The summed E-state index contributed by atoms with van der Waals surface area (Å²) in [6.07, 6.45) is 5.11. The molecule has 0 saturated heterocycles. The molecule has 0 bridgehead atoms. The van der Waals surface area contributed by atoms with Gasteiger partial charge in [-0.2, -0.15) is 0 Å². The van der Waals surface area contributed by atoms with E-state index in [1.807, 2.05) is 31.2 Å². The maximum absolute atomic E-state index is 14.3. The number of hydrogen-bond acceptors (Lipinski definition) is 3. The summed E-state index contributed by atoms with van der Waals surface area (Å²) in [5.41, 5.74) is 1.96. The maximum Gasteiger partial charge on any atom is 0.337 e. The van der Waals surface area contributed by atoms with E-state index in [0.717, 1.165) is 31.2 Å². The van der Waals surface area contributed by atoms with E-state index < -0.39 is 0 Å². The second kappa shape index (κ2) is 7.65. The van der Waals surface area contributed by atoms with E-state index in [0.29, 0.717) is 22.4 Å². The van der Waals surface area contributed by atoms with Crippen molar-refractivity contribution in [2.75, 3.05) is 0 Å². The number of halogens is 1. The van der Waals surface area contributed by atoms with Crippen LogP contribution < -0.4 is 11.2 Å². The Balaban J connectivity index is 1.81. The van der Waals surface area contributed by atoms with Crippen molar-refractivity contribution < 1.29 is 4.39 Å². The molecule has 0 N–H and O–H groups in total. The Morgan fingerprint density at radius 1 is 1.03 bits per heavy atom. The van der Waals surface area contributed by atoms with E-state index in [2.05, 4.69) is 4.98 Å². The van der Waals surface area contributed by atoms with Crippen molar-refractivity contribution in [1.82, 2.24) is 18.7 Å². The molecule has 0 unspecified atom stereocenters. The molecule has 2 heterocycles. The minimum absolute atomic E-state index is 0.128. The molecule has 7 heteroatoms. The van der Waals surface area contributed by atoms with Crippen LogP contribution in [0.5, 0.6) is 0 Å². The standard InChI is InChI=1S/C24H23FN4O2/c1-16-8-2-7-13-20(16)29-22-21(23(30)28(24(29)31)18-10-4-5-11-18)27(15-26-22)14-17-9-3-6-12-19(17)25/h2-3,6-9,12-13,15,18H,4-5,10-11,14H2,1H3. The highest BCUT2D eigenvalue weighted by atomic mass is 19.1. The van der Waals surface area contributed by atoms with Gasteiger partial charge in [-0.1, -0.05) is 49.2 Å². The Morgan fingerprint density at radius 2 is 1.74 bits per heavy atom. The number of benzene rings is 2. The average Bonchev–Trinajstić information content (AvgIpc) is 3.42. The number of rotatable bonds is 4. The van der Waals surface area contributed by atoms with E-state index in [-0.39, 0.29) is 29.7 Å². The summed E-state index contributed by atoms with van der Waals surface area (Å²) in [5, 5.41) is 0. The van der Waals surface area contributed by atoms with Crippen molar-refractivity contribution in [1.29, 1.82) is 0 Å². The normalized spacial score (nSPS) is 14.5. The minimum Gasteiger partial charge on any atom is -0.320 e. The fourth-order valence-electron chi connectivity index (χ4n) is 4.60. The van der Waals surface area contributed by atoms with Gasteiger partial charge in [0.2, 0.25) is 0 Å². The van der Waals surface area contributed by atoms with Crippen LogP contribution in [0.4, 0.5) is 4.39 Å². The number of para-hydroxylation sites is 1. The van der Waals surface area contributed by atoms with Crippen molar-refractivity contribution in [3.63, 3.8) is 0 Å². The molecule has 31 heavy (non-hydrogen) atoms. The van der Waals surface area contributed by atoms with Crippen LogP contribution in [0.15, 0.2) is 64.4 Å². The first-order valence-corrected chi connectivity index (χ1v) is 10.6. The van der Waals surface area contributed by atoms with Gasteiger partial charge in [-0.25, -0.2) is 18.7 Å². The van der Waals surface area contributed by atoms with Crippen LogP contribution in [0.25, 0.3) is 16.9 Å². The van der Waals surface area contributed by atoms with Gasteiger partial charge in [0.1, 0.15) is 5.82 Å². The third kappa shape index (κ3) is 3.21. The molecule has 0 amide bonds. The molecule has 0 aliphatic heterocycles. The molecule has 0 spiro atoms. The van der Waals surface area contributed by atoms with Crippen LogP contribution in [-0.2, 0) is 6.54 Å². The summed E-state index contributed by atoms with van der Waals surface area (Å²) >= 11 is 0. The second-order valence-corrected chi connectivity index (χ2v) is 8.15. The molecule has 1 aliphatic carbocycles. The quantitative estimate of drug-likeness (QED) is 0.504. The first-order valence-electron chi connectivity index (χ1n) is 10.6. The van der Waals surface area contributed by atoms with E-state index in [9.17, 15) is 14.0 Å². The molecule has 4 aromatic rings. The van der Waals surface area contributed by atoms with Crippen LogP contribution in [0.3, 0.4) is 0 Å². The summed E-state index contributed by atoms with van der Waals surface area (Å²) < 4.78 is 18.9. The fraction of sp³-hybridized carbons (Fsp3) is 0.292. The Labute approximate surface area is 178 Å². The Hall–Kier alpha value is -3.48. The van der Waals surface area contributed by atoms with Gasteiger partial charge >= 0.3 is 5.69 Å². The molecule has 2 aromatic carbocycles.